The summed E-state index contributed by atoms with van der Waals surface area (Å²) in [5.41, 5.74) is 1.96. The molecule has 1 aliphatic carbocycles. The fraction of sp³-hybridized carbons (Fsp3) is 0.438. The second-order valence-electron chi connectivity index (χ2n) is 5.79. The fourth-order valence-electron chi connectivity index (χ4n) is 2.57. The van der Waals surface area contributed by atoms with Crippen LogP contribution in [0.4, 0.5) is 4.79 Å². The van der Waals surface area contributed by atoms with Gasteiger partial charge in [0.1, 0.15) is 5.82 Å². The van der Waals surface area contributed by atoms with Gasteiger partial charge in [-0.15, -0.1) is 0 Å². The number of pyridine rings is 1. The number of nitrogens with zero attached hydrogens (tertiary/aromatic N) is 3. The molecule has 1 atom stereocenters. The highest BCUT2D eigenvalue weighted by atomic mass is 16.2. The lowest BCUT2D eigenvalue weighted by molar-refractivity contribution is 0.234. The van der Waals surface area contributed by atoms with Gasteiger partial charge < -0.3 is 15.2 Å². The lowest BCUT2D eigenvalue weighted by Crippen LogP contribution is -2.39. The highest BCUT2D eigenvalue weighted by molar-refractivity contribution is 5.74. The molecule has 1 saturated carbocycles. The quantitative estimate of drug-likeness (QED) is 0.888. The Morgan fingerprint density at radius 1 is 1.41 bits per heavy atom. The number of nitrogens with one attached hydrogen (secondary N) is 2. The van der Waals surface area contributed by atoms with Crippen molar-refractivity contribution in [2.24, 2.45) is 13.0 Å². The van der Waals surface area contributed by atoms with Crippen LogP contribution in [-0.2, 0) is 13.6 Å². The van der Waals surface area contributed by atoms with E-state index in [-0.39, 0.29) is 12.1 Å². The molecule has 2 heterocycles. The molecule has 2 aromatic heterocycles. The number of imidazole rings is 1. The second kappa shape index (κ2) is 6.17. The first kappa shape index (κ1) is 14.6. The second-order valence-corrected chi connectivity index (χ2v) is 5.79. The third-order valence-electron chi connectivity index (χ3n) is 4.07. The Hall–Kier alpha value is -2.37. The number of carbonyl (C=O) groups excluding carboxylic acids is 1. The number of hydrogen-bond donors (Lipinski definition) is 2. The van der Waals surface area contributed by atoms with E-state index in [0.29, 0.717) is 12.5 Å². The van der Waals surface area contributed by atoms with Gasteiger partial charge >= 0.3 is 6.03 Å². The minimum absolute atomic E-state index is 0.0185. The van der Waals surface area contributed by atoms with E-state index in [9.17, 15) is 4.79 Å². The fourth-order valence-corrected chi connectivity index (χ4v) is 2.57. The zero-order valence-corrected chi connectivity index (χ0v) is 12.9. The number of amides is 2. The van der Waals surface area contributed by atoms with Crippen LogP contribution in [0.1, 0.15) is 36.0 Å². The van der Waals surface area contributed by atoms with E-state index in [0.717, 1.165) is 29.9 Å². The van der Waals surface area contributed by atoms with Crippen molar-refractivity contribution in [1.29, 1.82) is 0 Å². The lowest BCUT2D eigenvalue weighted by atomic mass is 10.1. The number of aryl methyl sites for hydroxylation is 2. The van der Waals surface area contributed by atoms with Crippen LogP contribution in [0, 0.1) is 12.8 Å². The summed E-state index contributed by atoms with van der Waals surface area (Å²) in [5, 5.41) is 5.97. The van der Waals surface area contributed by atoms with Crippen molar-refractivity contribution in [1.82, 2.24) is 25.2 Å². The molecule has 6 heteroatoms. The summed E-state index contributed by atoms with van der Waals surface area (Å²) < 4.78 is 1.97. The van der Waals surface area contributed by atoms with E-state index in [4.69, 9.17) is 0 Å². The summed E-state index contributed by atoms with van der Waals surface area (Å²) in [4.78, 5) is 20.8. The molecule has 1 fully saturated rings. The van der Waals surface area contributed by atoms with Crippen LogP contribution >= 0.6 is 0 Å². The van der Waals surface area contributed by atoms with E-state index in [1.807, 2.05) is 36.9 Å². The zero-order chi connectivity index (χ0) is 15.5. The number of aromatic nitrogens is 3. The summed E-state index contributed by atoms with van der Waals surface area (Å²) in [6, 6.07) is 3.67. The van der Waals surface area contributed by atoms with Crippen molar-refractivity contribution < 1.29 is 4.79 Å². The zero-order valence-electron chi connectivity index (χ0n) is 12.9. The molecule has 3 rings (SSSR count). The van der Waals surface area contributed by atoms with E-state index in [1.165, 1.54) is 0 Å². The first-order valence-electron chi connectivity index (χ1n) is 7.57. The van der Waals surface area contributed by atoms with Gasteiger partial charge in [0.05, 0.1) is 6.04 Å². The van der Waals surface area contributed by atoms with Gasteiger partial charge in [0.2, 0.25) is 0 Å². The summed E-state index contributed by atoms with van der Waals surface area (Å²) in [6.07, 6.45) is 7.70. The maximum atomic E-state index is 12.2. The summed E-state index contributed by atoms with van der Waals surface area (Å²) in [5.74, 6) is 1.40. The normalized spacial score (nSPS) is 15.4. The topological polar surface area (TPSA) is 71.8 Å². The number of urea groups is 1. The van der Waals surface area contributed by atoms with Crippen LogP contribution in [0.25, 0.3) is 0 Å². The average Bonchev–Trinajstić information content (AvgIpc) is 3.26. The minimum Gasteiger partial charge on any atom is -0.336 e. The molecule has 2 N–H and O–H groups in total. The summed E-state index contributed by atoms with van der Waals surface area (Å²) in [7, 11) is 1.95. The molecule has 0 bridgehead atoms. The van der Waals surface area contributed by atoms with Gasteiger partial charge in [0.15, 0.2) is 0 Å². The Bertz CT molecular complexity index is 662. The molecule has 116 valence electrons. The maximum absolute atomic E-state index is 12.2. The summed E-state index contributed by atoms with van der Waals surface area (Å²) >= 11 is 0. The largest absolute Gasteiger partial charge is 0.336 e. The van der Waals surface area contributed by atoms with Crippen molar-refractivity contribution in [2.45, 2.75) is 32.4 Å². The van der Waals surface area contributed by atoms with E-state index >= 15 is 0 Å². The Morgan fingerprint density at radius 3 is 2.86 bits per heavy atom. The monoisotopic (exact) mass is 299 g/mol. The first-order valence-corrected chi connectivity index (χ1v) is 7.57. The van der Waals surface area contributed by atoms with Crippen molar-refractivity contribution in [2.75, 3.05) is 0 Å². The van der Waals surface area contributed by atoms with Crippen molar-refractivity contribution in [3.63, 3.8) is 0 Å². The van der Waals surface area contributed by atoms with Crippen LogP contribution in [-0.4, -0.2) is 20.6 Å². The van der Waals surface area contributed by atoms with E-state index in [2.05, 4.69) is 20.6 Å². The molecular formula is C16H21N5O. The van der Waals surface area contributed by atoms with Gasteiger partial charge in [-0.25, -0.2) is 9.78 Å². The molecule has 6 nitrogen and oxygen atoms in total. The highest BCUT2D eigenvalue weighted by Crippen LogP contribution is 2.40. The van der Waals surface area contributed by atoms with Gasteiger partial charge in [-0.1, -0.05) is 6.07 Å². The molecule has 0 spiro atoms. The average molecular weight is 299 g/mol. The van der Waals surface area contributed by atoms with Crippen LogP contribution in [0.2, 0.25) is 0 Å². The smallest absolute Gasteiger partial charge is 0.315 e. The molecule has 1 unspecified atom stereocenters. The standard InChI is InChI=1S/C16H21N5O/c1-11-13(4-3-7-17-11)10-19-16(22)20-14(12-5-6-12)15-18-8-9-21(15)2/h3-4,7-9,12,14H,5-6,10H2,1-2H3,(H2,19,20,22). The third kappa shape index (κ3) is 3.27. The number of rotatable bonds is 5. The van der Waals surface area contributed by atoms with Crippen LogP contribution in [0.5, 0.6) is 0 Å². The van der Waals surface area contributed by atoms with Crippen LogP contribution in [0.3, 0.4) is 0 Å². The van der Waals surface area contributed by atoms with Crippen LogP contribution < -0.4 is 10.6 Å². The molecule has 0 aliphatic heterocycles. The molecular weight excluding hydrogens is 278 g/mol. The Balaban J connectivity index is 1.60. The maximum Gasteiger partial charge on any atom is 0.315 e. The molecule has 2 aromatic rings. The predicted octanol–water partition coefficient (Wildman–Crippen LogP) is 2.07. The third-order valence-corrected chi connectivity index (χ3v) is 4.07. The predicted molar refractivity (Wildman–Crippen MR) is 83.0 cm³/mol. The highest BCUT2D eigenvalue weighted by Gasteiger charge is 2.35. The Kier molecular flexibility index (Phi) is 4.09. The SMILES string of the molecule is Cc1ncccc1CNC(=O)NC(c1nccn1C)C1CC1. The van der Waals surface area contributed by atoms with Crippen LogP contribution in [0.15, 0.2) is 30.7 Å². The van der Waals surface area contributed by atoms with Crippen molar-refractivity contribution >= 4 is 6.03 Å². The summed E-state index contributed by atoms with van der Waals surface area (Å²) in [6.45, 7) is 2.42. The Morgan fingerprint density at radius 2 is 2.23 bits per heavy atom. The van der Waals surface area contributed by atoms with Crippen molar-refractivity contribution in [3.8, 4) is 0 Å². The Labute approximate surface area is 130 Å². The lowest BCUT2D eigenvalue weighted by Gasteiger charge is -2.18. The number of carbonyl (C=O) groups is 1. The van der Waals surface area contributed by atoms with E-state index in [1.54, 1.807) is 12.4 Å². The van der Waals surface area contributed by atoms with Gasteiger partial charge in [0, 0.05) is 37.9 Å². The molecule has 22 heavy (non-hydrogen) atoms. The first-order chi connectivity index (χ1) is 10.6. The van der Waals surface area contributed by atoms with Gasteiger partial charge in [-0.05, 0) is 37.3 Å². The van der Waals surface area contributed by atoms with Gasteiger partial charge in [-0.2, -0.15) is 0 Å². The van der Waals surface area contributed by atoms with E-state index < -0.39 is 0 Å². The molecule has 1 aliphatic rings. The van der Waals surface area contributed by atoms with Gasteiger partial charge in [0.25, 0.3) is 0 Å². The molecule has 0 aromatic carbocycles. The van der Waals surface area contributed by atoms with Crippen molar-refractivity contribution in [3.05, 3.63) is 47.8 Å². The molecule has 2 amide bonds. The minimum atomic E-state index is -0.164. The molecule has 0 radical (unpaired) electrons. The number of hydrogen-bond acceptors (Lipinski definition) is 3. The van der Waals surface area contributed by atoms with Gasteiger partial charge in [-0.3, -0.25) is 4.98 Å². The molecule has 0 saturated heterocycles.